The largest absolute Gasteiger partial charge is 0.481 e. The Hall–Kier alpha value is -2.26. The fraction of sp³-hybridized carbons (Fsp3) is 0.556. The number of thiophene rings is 1. The van der Waals surface area contributed by atoms with Crippen molar-refractivity contribution in [1.82, 2.24) is 14.9 Å². The smallest absolute Gasteiger partial charge is 0.313 e. The Morgan fingerprint density at radius 3 is 3.04 bits per heavy atom. The lowest BCUT2D eigenvalue weighted by Crippen LogP contribution is -2.47. The van der Waals surface area contributed by atoms with Crippen LogP contribution in [0, 0.1) is 5.41 Å². The number of carbonyl (C=O) groups excluding carboxylic acids is 1. The van der Waals surface area contributed by atoms with Crippen LogP contribution in [0.25, 0.3) is 10.2 Å². The van der Waals surface area contributed by atoms with Crippen molar-refractivity contribution in [2.24, 2.45) is 5.41 Å². The number of carbonyl (C=O) groups is 2. The third-order valence-electron chi connectivity index (χ3n) is 5.59. The minimum atomic E-state index is -1.01. The average molecular weight is 390 g/mol. The van der Waals surface area contributed by atoms with Gasteiger partial charge in [-0.3, -0.25) is 9.59 Å². The van der Waals surface area contributed by atoms with Crippen LogP contribution in [0.4, 0.5) is 5.82 Å². The molecule has 2 aromatic heterocycles. The van der Waals surface area contributed by atoms with Gasteiger partial charge in [-0.05, 0) is 30.7 Å². The molecule has 0 radical (unpaired) electrons. The predicted molar refractivity (Wildman–Crippen MR) is 101 cm³/mol. The highest BCUT2D eigenvalue weighted by molar-refractivity contribution is 7.16. The number of fused-ring (bicyclic) bond motifs is 1. The van der Waals surface area contributed by atoms with Gasteiger partial charge in [0.1, 0.15) is 28.4 Å². The fourth-order valence-electron chi connectivity index (χ4n) is 4.18. The number of rotatable bonds is 5. The van der Waals surface area contributed by atoms with Crippen molar-refractivity contribution in [2.45, 2.75) is 25.3 Å². The molecule has 2 aromatic rings. The van der Waals surface area contributed by atoms with Gasteiger partial charge in [0.25, 0.3) is 0 Å². The number of methoxy groups -OCH3 is 1. The normalized spacial score (nSPS) is 25.4. The Morgan fingerprint density at radius 2 is 2.26 bits per heavy atom. The number of hydrogen-bond donors (Lipinski definition) is 1. The first-order valence-corrected chi connectivity index (χ1v) is 9.90. The number of likely N-dealkylation sites (tertiary alicyclic amines) is 1. The van der Waals surface area contributed by atoms with Crippen molar-refractivity contribution in [3.63, 3.8) is 0 Å². The Bertz CT molecular complexity index is 872. The summed E-state index contributed by atoms with van der Waals surface area (Å²) in [6, 6.07) is 1.68. The lowest BCUT2D eigenvalue weighted by Gasteiger charge is -2.30. The average Bonchev–Trinajstić information content (AvgIpc) is 3.40. The van der Waals surface area contributed by atoms with Gasteiger partial charge in [0.05, 0.1) is 12.0 Å². The molecule has 144 valence electrons. The molecule has 0 aliphatic carbocycles. The quantitative estimate of drug-likeness (QED) is 0.828. The van der Waals surface area contributed by atoms with Crippen molar-refractivity contribution in [3.8, 4) is 0 Å². The summed E-state index contributed by atoms with van der Waals surface area (Å²) in [7, 11) is 1.50. The van der Waals surface area contributed by atoms with E-state index in [0.29, 0.717) is 13.0 Å². The van der Waals surface area contributed by atoms with E-state index >= 15 is 0 Å². The molecule has 1 N–H and O–H groups in total. The highest BCUT2D eigenvalue weighted by Crippen LogP contribution is 2.35. The van der Waals surface area contributed by atoms with E-state index in [4.69, 9.17) is 4.74 Å². The van der Waals surface area contributed by atoms with Gasteiger partial charge in [0.15, 0.2) is 0 Å². The summed E-state index contributed by atoms with van der Waals surface area (Å²) in [5, 5.41) is 12.6. The number of aliphatic carboxylic acids is 1. The standard InChI is InChI=1S/C18H22N4O4S/c1-26-10-18(17(24)25)5-7-21(9-18)16(23)13-3-2-6-22(13)14-12-4-8-27-15(12)20-11-19-14/h4,8,11,13H,2-3,5-7,9-10H2,1H3,(H,24,25). The number of carboxylic acid groups (broad SMARTS) is 1. The van der Waals surface area contributed by atoms with Gasteiger partial charge in [-0.25, -0.2) is 9.97 Å². The molecular weight excluding hydrogens is 368 g/mol. The second kappa shape index (κ2) is 7.05. The predicted octanol–water partition coefficient (Wildman–Crippen LogP) is 1.61. The maximum Gasteiger partial charge on any atom is 0.313 e. The molecule has 1 amide bonds. The van der Waals surface area contributed by atoms with E-state index in [-0.39, 0.29) is 25.1 Å². The first-order valence-electron chi connectivity index (χ1n) is 9.02. The fourth-order valence-corrected chi connectivity index (χ4v) is 4.91. The Labute approximate surface area is 160 Å². The minimum Gasteiger partial charge on any atom is -0.481 e. The zero-order valence-corrected chi connectivity index (χ0v) is 15.9. The molecule has 2 fully saturated rings. The summed E-state index contributed by atoms with van der Waals surface area (Å²) in [4.78, 5) is 38.4. The summed E-state index contributed by atoms with van der Waals surface area (Å²) in [6.45, 7) is 1.50. The van der Waals surface area contributed by atoms with Gasteiger partial charge in [0.2, 0.25) is 5.91 Å². The molecule has 2 saturated heterocycles. The first-order chi connectivity index (χ1) is 13.1. The summed E-state index contributed by atoms with van der Waals surface area (Å²) in [6.07, 6.45) is 3.60. The van der Waals surface area contributed by atoms with Gasteiger partial charge < -0.3 is 19.6 Å². The SMILES string of the molecule is COCC1(C(=O)O)CCN(C(=O)C2CCCN2c2ncnc3sccc23)C1. The number of hydrogen-bond acceptors (Lipinski definition) is 7. The van der Waals surface area contributed by atoms with E-state index in [1.165, 1.54) is 13.4 Å². The second-order valence-corrected chi connectivity index (χ2v) is 8.11. The molecular formula is C18H22N4O4S. The second-order valence-electron chi connectivity index (χ2n) is 7.22. The summed E-state index contributed by atoms with van der Waals surface area (Å²) in [5.74, 6) is -0.134. The van der Waals surface area contributed by atoms with Crippen LogP contribution in [0.5, 0.6) is 0 Å². The zero-order valence-electron chi connectivity index (χ0n) is 15.1. The van der Waals surface area contributed by atoms with E-state index in [1.807, 2.05) is 11.4 Å². The third kappa shape index (κ3) is 3.04. The van der Waals surface area contributed by atoms with Crippen molar-refractivity contribution < 1.29 is 19.4 Å². The highest BCUT2D eigenvalue weighted by Gasteiger charge is 2.48. The van der Waals surface area contributed by atoms with Crippen LogP contribution in [0.15, 0.2) is 17.8 Å². The lowest BCUT2D eigenvalue weighted by atomic mass is 9.88. The number of ether oxygens (including phenoxy) is 1. The van der Waals surface area contributed by atoms with Gasteiger partial charge >= 0.3 is 5.97 Å². The third-order valence-corrected chi connectivity index (χ3v) is 6.41. The summed E-state index contributed by atoms with van der Waals surface area (Å²) in [5.41, 5.74) is -1.01. The van der Waals surface area contributed by atoms with Gasteiger partial charge in [0, 0.05) is 26.7 Å². The van der Waals surface area contributed by atoms with Crippen molar-refractivity contribution in [2.75, 3.05) is 38.3 Å². The molecule has 2 unspecified atom stereocenters. The maximum atomic E-state index is 13.2. The molecule has 4 heterocycles. The van der Waals surface area contributed by atoms with Gasteiger partial charge in [-0.1, -0.05) is 0 Å². The maximum absolute atomic E-state index is 13.2. The number of nitrogens with zero attached hydrogens (tertiary/aromatic N) is 4. The molecule has 9 heteroatoms. The van der Waals surface area contributed by atoms with Gasteiger partial charge in [-0.2, -0.15) is 0 Å². The van der Waals surface area contributed by atoms with E-state index < -0.39 is 11.4 Å². The van der Waals surface area contributed by atoms with Crippen molar-refractivity contribution >= 4 is 39.2 Å². The molecule has 2 aliphatic rings. The van der Waals surface area contributed by atoms with Crippen LogP contribution in [0.2, 0.25) is 0 Å². The van der Waals surface area contributed by atoms with Gasteiger partial charge in [-0.15, -0.1) is 11.3 Å². The number of amides is 1. The highest BCUT2D eigenvalue weighted by atomic mass is 32.1. The van der Waals surface area contributed by atoms with Crippen LogP contribution < -0.4 is 4.90 Å². The zero-order chi connectivity index (χ0) is 19.0. The number of anilines is 1. The van der Waals surface area contributed by atoms with E-state index in [1.54, 1.807) is 16.2 Å². The molecule has 0 bridgehead atoms. The molecule has 2 aliphatic heterocycles. The minimum absolute atomic E-state index is 0.0197. The Morgan fingerprint density at radius 1 is 1.41 bits per heavy atom. The van der Waals surface area contributed by atoms with Crippen LogP contribution in [-0.2, 0) is 14.3 Å². The van der Waals surface area contributed by atoms with E-state index in [9.17, 15) is 14.7 Å². The Kier molecular flexibility index (Phi) is 4.73. The molecule has 0 saturated carbocycles. The molecule has 2 atom stereocenters. The summed E-state index contributed by atoms with van der Waals surface area (Å²) < 4.78 is 5.13. The van der Waals surface area contributed by atoms with Crippen molar-refractivity contribution in [1.29, 1.82) is 0 Å². The molecule has 0 spiro atoms. The van der Waals surface area contributed by atoms with Crippen LogP contribution in [-0.4, -0.2) is 71.2 Å². The van der Waals surface area contributed by atoms with Crippen LogP contribution in [0.1, 0.15) is 19.3 Å². The van der Waals surface area contributed by atoms with Crippen LogP contribution >= 0.6 is 11.3 Å². The van der Waals surface area contributed by atoms with Crippen molar-refractivity contribution in [3.05, 3.63) is 17.8 Å². The number of carboxylic acids is 1. The summed E-state index contributed by atoms with van der Waals surface area (Å²) >= 11 is 1.55. The van der Waals surface area contributed by atoms with Crippen LogP contribution in [0.3, 0.4) is 0 Å². The molecule has 8 nitrogen and oxygen atoms in total. The monoisotopic (exact) mass is 390 g/mol. The number of aromatic nitrogens is 2. The van der Waals surface area contributed by atoms with E-state index in [2.05, 4.69) is 14.9 Å². The molecule has 27 heavy (non-hydrogen) atoms. The molecule has 0 aromatic carbocycles. The molecule has 4 rings (SSSR count). The van der Waals surface area contributed by atoms with E-state index in [0.717, 1.165) is 35.4 Å². The first kappa shape index (κ1) is 18.1. The lowest BCUT2D eigenvalue weighted by molar-refractivity contribution is -0.151. The Balaban J connectivity index is 1.57. The topological polar surface area (TPSA) is 95.9 Å².